The summed E-state index contributed by atoms with van der Waals surface area (Å²) in [5, 5.41) is 12.1. The van der Waals surface area contributed by atoms with Gasteiger partial charge in [-0.05, 0) is 62.4 Å². The fourth-order valence-electron chi connectivity index (χ4n) is 5.10. The van der Waals surface area contributed by atoms with Gasteiger partial charge in [0.05, 0.1) is 12.1 Å². The van der Waals surface area contributed by atoms with E-state index in [1.165, 1.54) is 4.90 Å². The molecule has 2 amide bonds. The van der Waals surface area contributed by atoms with Crippen molar-refractivity contribution in [2.45, 2.75) is 78.6 Å². The largest absolute Gasteiger partial charge is 0.444 e. The van der Waals surface area contributed by atoms with Gasteiger partial charge in [-0.1, -0.05) is 51.1 Å². The molecule has 0 saturated carbocycles. The number of hydrogen-bond acceptors (Lipinski definition) is 4. The number of nitrogens with zero attached hydrogens (tertiary/aromatic N) is 2. The minimum Gasteiger partial charge on any atom is -0.444 e. The predicted molar refractivity (Wildman–Crippen MR) is 160 cm³/mol. The molecule has 0 saturated heterocycles. The van der Waals surface area contributed by atoms with Crippen LogP contribution in [0, 0.1) is 17.0 Å². The van der Waals surface area contributed by atoms with E-state index < -0.39 is 59.8 Å². The first-order chi connectivity index (χ1) is 20.5. The van der Waals surface area contributed by atoms with Gasteiger partial charge in [0, 0.05) is 36.1 Å². The smallest absolute Gasteiger partial charge is 0.408 e. The predicted octanol–water partition coefficient (Wildman–Crippen LogP) is 6.94. The zero-order chi connectivity index (χ0) is 32.8. The monoisotopic (exact) mass is 619 g/mol. The highest BCUT2D eigenvalue weighted by atomic mass is 19.3. The maximum absolute atomic E-state index is 14.9. The fourth-order valence-corrected chi connectivity index (χ4v) is 5.10. The summed E-state index contributed by atoms with van der Waals surface area (Å²) in [5.41, 5.74) is 0.156. The van der Waals surface area contributed by atoms with Crippen LogP contribution < -0.4 is 5.32 Å². The summed E-state index contributed by atoms with van der Waals surface area (Å²) < 4.78 is 64.1. The first-order valence-electron chi connectivity index (χ1n) is 14.4. The Morgan fingerprint density at radius 3 is 2.23 bits per heavy atom. The molecule has 1 aromatic heterocycles. The quantitative estimate of drug-likeness (QED) is 0.228. The number of aliphatic hydroxyl groups is 1. The second-order valence-corrected chi connectivity index (χ2v) is 12.8. The molecule has 3 aromatic rings. The summed E-state index contributed by atoms with van der Waals surface area (Å²) in [6.07, 6.45) is -2.67. The second kappa shape index (κ2) is 14.3. The lowest BCUT2D eigenvalue weighted by atomic mass is 9.82. The van der Waals surface area contributed by atoms with Crippen molar-refractivity contribution < 1.29 is 37.0 Å². The molecule has 2 aromatic carbocycles. The van der Waals surface area contributed by atoms with Crippen molar-refractivity contribution in [2.24, 2.45) is 5.41 Å². The van der Waals surface area contributed by atoms with Crippen molar-refractivity contribution in [3.8, 4) is 11.1 Å². The topological polar surface area (TPSA) is 83.8 Å². The lowest BCUT2D eigenvalue weighted by Gasteiger charge is -2.41. The Morgan fingerprint density at radius 1 is 1.00 bits per heavy atom. The summed E-state index contributed by atoms with van der Waals surface area (Å²) in [6.45, 7) is 9.52. The highest BCUT2D eigenvalue weighted by molar-refractivity contribution is 5.78. The van der Waals surface area contributed by atoms with Crippen LogP contribution in [0.3, 0.4) is 0 Å². The van der Waals surface area contributed by atoms with Crippen molar-refractivity contribution in [3.63, 3.8) is 0 Å². The molecule has 0 aliphatic heterocycles. The van der Waals surface area contributed by atoms with Gasteiger partial charge in [0.1, 0.15) is 23.8 Å². The molecule has 0 spiro atoms. The van der Waals surface area contributed by atoms with Crippen LogP contribution in [0.15, 0.2) is 60.8 Å². The van der Waals surface area contributed by atoms with Gasteiger partial charge in [0.2, 0.25) is 5.91 Å². The van der Waals surface area contributed by atoms with Gasteiger partial charge in [-0.25, -0.2) is 22.4 Å². The summed E-state index contributed by atoms with van der Waals surface area (Å²) in [7, 11) is 0. The third-order valence-electron chi connectivity index (χ3n) is 6.92. The molecule has 2 N–H and O–H groups in total. The van der Waals surface area contributed by atoms with E-state index in [9.17, 15) is 32.3 Å². The highest BCUT2D eigenvalue weighted by Gasteiger charge is 2.38. The normalized spacial score (nSPS) is 13.5. The van der Waals surface area contributed by atoms with Crippen LogP contribution in [0.4, 0.5) is 22.4 Å². The number of ether oxygens (including phenoxy) is 1. The van der Waals surface area contributed by atoms with E-state index in [2.05, 4.69) is 5.32 Å². The minimum absolute atomic E-state index is 0.0186. The average molecular weight is 620 g/mol. The molecular weight excluding hydrogens is 578 g/mol. The van der Waals surface area contributed by atoms with Crippen LogP contribution in [0.25, 0.3) is 11.1 Å². The molecule has 2 atom stereocenters. The number of hydrogen-bond donors (Lipinski definition) is 2. The van der Waals surface area contributed by atoms with Gasteiger partial charge in [-0.15, -0.1) is 0 Å². The third-order valence-corrected chi connectivity index (χ3v) is 6.92. The number of benzene rings is 2. The molecule has 1 unspecified atom stereocenters. The number of alkyl carbamates (subject to hydrolysis) is 1. The molecule has 3 rings (SSSR count). The zero-order valence-electron chi connectivity index (χ0n) is 25.9. The first-order valence-corrected chi connectivity index (χ1v) is 14.4. The van der Waals surface area contributed by atoms with Crippen molar-refractivity contribution in [2.75, 3.05) is 13.2 Å². The van der Waals surface area contributed by atoms with Crippen LogP contribution in [0.1, 0.15) is 65.3 Å². The minimum atomic E-state index is -2.97. The Labute approximate surface area is 255 Å². The molecule has 0 aliphatic carbocycles. The number of rotatable bonds is 11. The van der Waals surface area contributed by atoms with Crippen LogP contribution in [-0.4, -0.2) is 57.8 Å². The van der Waals surface area contributed by atoms with Crippen molar-refractivity contribution >= 4 is 12.0 Å². The summed E-state index contributed by atoms with van der Waals surface area (Å²) >= 11 is 0. The van der Waals surface area contributed by atoms with Crippen LogP contribution in [0.5, 0.6) is 0 Å². The number of amides is 2. The molecule has 1 heterocycles. The Hall–Kier alpha value is -3.86. The number of carbonyl (C=O) groups excluding carboxylic acids is 2. The zero-order valence-corrected chi connectivity index (χ0v) is 25.9. The molecule has 240 valence electrons. The number of aromatic nitrogens is 1. The Bertz CT molecular complexity index is 1410. The number of alkyl halides is 2. The lowest BCUT2D eigenvalue weighted by Crippen LogP contribution is -2.48. The van der Waals surface area contributed by atoms with Crippen LogP contribution >= 0.6 is 0 Å². The Morgan fingerprint density at radius 2 is 1.66 bits per heavy atom. The van der Waals surface area contributed by atoms with Crippen LogP contribution in [-0.2, 0) is 16.1 Å². The summed E-state index contributed by atoms with van der Waals surface area (Å²) in [4.78, 5) is 26.9. The lowest BCUT2D eigenvalue weighted by molar-refractivity contribution is -0.139. The fraction of sp³-hybridized carbons (Fsp3) is 0.455. The van der Waals surface area contributed by atoms with E-state index in [0.29, 0.717) is 17.8 Å². The first kappa shape index (κ1) is 34.6. The van der Waals surface area contributed by atoms with E-state index in [0.717, 1.165) is 23.8 Å². The third kappa shape index (κ3) is 9.32. The number of carbonyl (C=O) groups is 2. The van der Waals surface area contributed by atoms with E-state index in [1.54, 1.807) is 33.0 Å². The number of aliphatic hydroxyl groups excluding tert-OH is 1. The number of halogens is 4. The maximum Gasteiger partial charge on any atom is 0.408 e. The molecule has 7 nitrogen and oxygen atoms in total. The number of nitrogens with one attached hydrogen (secondary N) is 1. The molecule has 0 radical (unpaired) electrons. The van der Waals surface area contributed by atoms with Crippen LogP contribution in [0.2, 0.25) is 0 Å². The Kier molecular flexibility index (Phi) is 11.2. The SMILES string of the molecule is CC(C)(C)OC(=O)NC(CCN(C(=O)CO)[C@@H](c1cc(-c2cc(F)ccc2F)cn1Cc1ccccc1)C(C)(C)C)C(F)F. The maximum atomic E-state index is 14.9. The van der Waals surface area contributed by atoms with E-state index in [-0.39, 0.29) is 18.5 Å². The van der Waals surface area contributed by atoms with Gasteiger partial charge in [0.25, 0.3) is 6.43 Å². The highest BCUT2D eigenvalue weighted by Crippen LogP contribution is 2.41. The van der Waals surface area contributed by atoms with Crippen molar-refractivity contribution in [3.05, 3.63) is 83.7 Å². The summed E-state index contributed by atoms with van der Waals surface area (Å²) in [5.74, 6) is -1.99. The molecular formula is C33H41F4N3O4. The van der Waals surface area contributed by atoms with Crippen molar-refractivity contribution in [1.29, 1.82) is 0 Å². The molecule has 0 bridgehead atoms. The molecule has 0 fully saturated rings. The molecule has 0 aliphatic rings. The van der Waals surface area contributed by atoms with Gasteiger partial charge in [-0.3, -0.25) is 4.79 Å². The Balaban J connectivity index is 2.09. The summed E-state index contributed by atoms with van der Waals surface area (Å²) in [6, 6.07) is 11.7. The van der Waals surface area contributed by atoms with Gasteiger partial charge >= 0.3 is 6.09 Å². The standard InChI is InChI=1S/C33H41F4N3O4/c1-32(2,3)29(40(28(42)20-41)15-14-26(30(36)37)38-31(43)44-33(4,5)6)27-16-22(24-17-23(34)12-13-25(24)35)19-39(27)18-21-10-8-7-9-11-21/h7-13,16-17,19,26,29-30,41H,14-15,18,20H2,1-6H3,(H,38,43)/t26?,29-/m0/s1. The molecule has 44 heavy (non-hydrogen) atoms. The van der Waals surface area contributed by atoms with E-state index in [1.807, 2.05) is 55.7 Å². The van der Waals surface area contributed by atoms with E-state index >= 15 is 0 Å². The van der Waals surface area contributed by atoms with Gasteiger partial charge in [-0.2, -0.15) is 0 Å². The average Bonchev–Trinajstić information content (AvgIpc) is 3.32. The second-order valence-electron chi connectivity index (χ2n) is 12.8. The molecule has 11 heteroatoms. The van der Waals surface area contributed by atoms with Gasteiger partial charge in [0.15, 0.2) is 0 Å². The van der Waals surface area contributed by atoms with Gasteiger partial charge < -0.3 is 24.6 Å². The van der Waals surface area contributed by atoms with Crippen molar-refractivity contribution in [1.82, 2.24) is 14.8 Å². The van der Waals surface area contributed by atoms with E-state index in [4.69, 9.17) is 4.74 Å².